The highest BCUT2D eigenvalue weighted by atomic mass is 16.6. The molecular formula is C18H14N2O7. The van der Waals surface area contributed by atoms with Crippen LogP contribution in [0, 0.1) is 10.1 Å². The van der Waals surface area contributed by atoms with E-state index in [-0.39, 0.29) is 40.3 Å². The molecule has 1 aromatic heterocycles. The number of aliphatic carboxylic acids is 1. The summed E-state index contributed by atoms with van der Waals surface area (Å²) in [5, 5.41) is 20.7. The third-order valence-corrected chi connectivity index (χ3v) is 3.83. The topological polar surface area (TPSA) is 132 Å². The average molecular weight is 370 g/mol. The van der Waals surface area contributed by atoms with Crippen LogP contribution in [-0.4, -0.2) is 28.1 Å². The number of carboxylic acid groups (broad SMARTS) is 1. The van der Waals surface area contributed by atoms with E-state index in [9.17, 15) is 19.7 Å². The van der Waals surface area contributed by atoms with Crippen LogP contribution in [0.25, 0.3) is 10.9 Å². The summed E-state index contributed by atoms with van der Waals surface area (Å²) in [6, 6.07) is 9.94. The maximum absolute atomic E-state index is 11.6. The first kappa shape index (κ1) is 17.9. The smallest absolute Gasteiger partial charge is 0.320 e. The SMILES string of the molecule is COc1cc(CC(=O)O)ccc1Oc1ccc2[nH]c(=O)ccc2c1[N+](=O)[O-]. The number of methoxy groups -OCH3 is 1. The number of rotatable bonds is 6. The van der Waals surface area contributed by atoms with Crippen LogP contribution in [0.2, 0.25) is 0 Å². The fourth-order valence-electron chi connectivity index (χ4n) is 2.67. The number of nitrogens with one attached hydrogen (secondary N) is 1. The zero-order valence-electron chi connectivity index (χ0n) is 14.1. The molecule has 2 N–H and O–H groups in total. The maximum Gasteiger partial charge on any atom is 0.320 e. The number of nitrogens with zero attached hydrogens (tertiary/aromatic N) is 1. The van der Waals surface area contributed by atoms with Crippen molar-refractivity contribution in [2.75, 3.05) is 7.11 Å². The number of fused-ring (bicyclic) bond motifs is 1. The Kier molecular flexibility index (Phi) is 4.75. The second-order valence-electron chi connectivity index (χ2n) is 5.61. The van der Waals surface area contributed by atoms with Gasteiger partial charge in [0.2, 0.25) is 11.3 Å². The minimum atomic E-state index is -0.995. The number of aromatic amines is 1. The number of pyridine rings is 1. The van der Waals surface area contributed by atoms with Crippen molar-refractivity contribution in [3.63, 3.8) is 0 Å². The number of carbonyl (C=O) groups is 1. The molecule has 0 saturated carbocycles. The molecule has 0 aliphatic rings. The Labute approximate surface area is 151 Å². The van der Waals surface area contributed by atoms with Gasteiger partial charge in [-0.2, -0.15) is 0 Å². The van der Waals surface area contributed by atoms with Gasteiger partial charge in [0.15, 0.2) is 11.5 Å². The minimum absolute atomic E-state index is 0.0381. The third-order valence-electron chi connectivity index (χ3n) is 3.83. The van der Waals surface area contributed by atoms with Gasteiger partial charge in [-0.05, 0) is 35.9 Å². The first-order chi connectivity index (χ1) is 12.9. The molecular weight excluding hydrogens is 356 g/mol. The molecule has 1 heterocycles. The van der Waals surface area contributed by atoms with Crippen LogP contribution in [-0.2, 0) is 11.2 Å². The molecule has 0 amide bonds. The van der Waals surface area contributed by atoms with Gasteiger partial charge >= 0.3 is 11.7 Å². The number of H-pyrrole nitrogens is 1. The van der Waals surface area contributed by atoms with E-state index in [1.54, 1.807) is 0 Å². The highest BCUT2D eigenvalue weighted by molar-refractivity contribution is 5.91. The Morgan fingerprint density at radius 2 is 1.89 bits per heavy atom. The minimum Gasteiger partial charge on any atom is -0.493 e. The van der Waals surface area contributed by atoms with Crippen molar-refractivity contribution < 1.29 is 24.3 Å². The van der Waals surface area contributed by atoms with Gasteiger partial charge in [-0.25, -0.2) is 0 Å². The summed E-state index contributed by atoms with van der Waals surface area (Å²) < 4.78 is 10.9. The summed E-state index contributed by atoms with van der Waals surface area (Å²) in [7, 11) is 1.38. The lowest BCUT2D eigenvalue weighted by Crippen LogP contribution is -2.04. The molecule has 0 spiro atoms. The van der Waals surface area contributed by atoms with Crippen LogP contribution in [0.3, 0.4) is 0 Å². The lowest BCUT2D eigenvalue weighted by atomic mass is 10.1. The number of aromatic nitrogens is 1. The quantitative estimate of drug-likeness (QED) is 0.503. The third kappa shape index (κ3) is 3.71. The Balaban J connectivity index is 2.07. The molecule has 0 atom stereocenters. The number of hydrogen-bond acceptors (Lipinski definition) is 6. The lowest BCUT2D eigenvalue weighted by Gasteiger charge is -2.12. The van der Waals surface area contributed by atoms with Gasteiger partial charge in [0, 0.05) is 6.07 Å². The van der Waals surface area contributed by atoms with Gasteiger partial charge in [0.05, 0.1) is 29.4 Å². The Bertz CT molecular complexity index is 1100. The van der Waals surface area contributed by atoms with Crippen molar-refractivity contribution >= 4 is 22.6 Å². The molecule has 0 unspecified atom stereocenters. The Hall–Kier alpha value is -3.88. The number of ether oxygens (including phenoxy) is 2. The highest BCUT2D eigenvalue weighted by Crippen LogP contribution is 2.39. The summed E-state index contributed by atoms with van der Waals surface area (Å²) in [5.41, 5.74) is 0.129. The molecule has 9 nitrogen and oxygen atoms in total. The van der Waals surface area contributed by atoms with Crippen molar-refractivity contribution in [1.29, 1.82) is 0 Å². The van der Waals surface area contributed by atoms with E-state index in [0.29, 0.717) is 11.1 Å². The van der Waals surface area contributed by atoms with Crippen LogP contribution in [0.5, 0.6) is 17.2 Å². The molecule has 138 valence electrons. The molecule has 0 radical (unpaired) electrons. The second-order valence-corrected chi connectivity index (χ2v) is 5.61. The van der Waals surface area contributed by atoms with Crippen LogP contribution < -0.4 is 15.0 Å². The number of benzene rings is 2. The lowest BCUT2D eigenvalue weighted by molar-refractivity contribution is -0.383. The summed E-state index contributed by atoms with van der Waals surface area (Å²) in [6.07, 6.45) is -0.194. The van der Waals surface area contributed by atoms with Crippen LogP contribution in [0.1, 0.15) is 5.56 Å². The summed E-state index contributed by atoms with van der Waals surface area (Å²) in [5.74, 6) is -0.600. The fraction of sp³-hybridized carbons (Fsp3) is 0.111. The van der Waals surface area contributed by atoms with E-state index < -0.39 is 10.9 Å². The van der Waals surface area contributed by atoms with Crippen LogP contribution in [0.4, 0.5) is 5.69 Å². The molecule has 0 bridgehead atoms. The van der Waals surface area contributed by atoms with Gasteiger partial charge in [-0.15, -0.1) is 0 Å². The van der Waals surface area contributed by atoms with Crippen molar-refractivity contribution in [2.45, 2.75) is 6.42 Å². The van der Waals surface area contributed by atoms with Crippen molar-refractivity contribution in [1.82, 2.24) is 4.98 Å². The van der Waals surface area contributed by atoms with Gasteiger partial charge < -0.3 is 19.6 Å². The predicted octanol–water partition coefficient (Wildman–Crippen LogP) is 2.86. The number of carboxylic acids is 1. The summed E-state index contributed by atoms with van der Waals surface area (Å²) >= 11 is 0. The van der Waals surface area contributed by atoms with Crippen LogP contribution >= 0.6 is 0 Å². The van der Waals surface area contributed by atoms with Gasteiger partial charge in [0.1, 0.15) is 0 Å². The van der Waals surface area contributed by atoms with E-state index in [4.69, 9.17) is 14.6 Å². The van der Waals surface area contributed by atoms with Gasteiger partial charge in [-0.3, -0.25) is 19.7 Å². The van der Waals surface area contributed by atoms with Crippen molar-refractivity contribution in [2.24, 2.45) is 0 Å². The monoisotopic (exact) mass is 370 g/mol. The zero-order chi connectivity index (χ0) is 19.6. The number of nitro groups is 1. The van der Waals surface area contributed by atoms with Gasteiger partial charge in [-0.1, -0.05) is 6.07 Å². The number of hydrogen-bond donors (Lipinski definition) is 2. The Morgan fingerprint density at radius 1 is 1.15 bits per heavy atom. The molecule has 27 heavy (non-hydrogen) atoms. The summed E-state index contributed by atoms with van der Waals surface area (Å²) in [6.45, 7) is 0. The first-order valence-electron chi connectivity index (χ1n) is 7.76. The van der Waals surface area contributed by atoms with Crippen molar-refractivity contribution in [3.8, 4) is 17.2 Å². The van der Waals surface area contributed by atoms with Crippen LogP contribution in [0.15, 0.2) is 47.3 Å². The molecule has 0 saturated heterocycles. The molecule has 9 heteroatoms. The normalized spacial score (nSPS) is 10.6. The predicted molar refractivity (Wildman–Crippen MR) is 95.6 cm³/mol. The molecule has 0 aliphatic carbocycles. The van der Waals surface area contributed by atoms with Crippen molar-refractivity contribution in [3.05, 3.63) is 68.5 Å². The molecule has 3 aromatic rings. The zero-order valence-corrected chi connectivity index (χ0v) is 14.1. The summed E-state index contributed by atoms with van der Waals surface area (Å²) in [4.78, 5) is 35.8. The number of nitro benzene ring substituents is 1. The molecule has 3 rings (SSSR count). The first-order valence-corrected chi connectivity index (χ1v) is 7.76. The standard InChI is InChI=1S/C18H14N2O7/c1-26-15-8-10(9-17(22)23)2-5-13(15)27-14-6-4-12-11(18(14)20(24)25)3-7-16(21)19-12/h2-8H,9H2,1H3,(H,19,21)(H,22,23). The van der Waals surface area contributed by atoms with Gasteiger partial charge in [0.25, 0.3) is 0 Å². The molecule has 0 aliphatic heterocycles. The van der Waals surface area contributed by atoms with E-state index in [0.717, 1.165) is 0 Å². The Morgan fingerprint density at radius 3 is 2.56 bits per heavy atom. The second kappa shape index (κ2) is 7.16. The highest BCUT2D eigenvalue weighted by Gasteiger charge is 2.22. The maximum atomic E-state index is 11.6. The average Bonchev–Trinajstić information content (AvgIpc) is 2.62. The van der Waals surface area contributed by atoms with E-state index in [1.165, 1.54) is 49.6 Å². The molecule has 0 fully saturated rings. The fourth-order valence-corrected chi connectivity index (χ4v) is 2.67. The largest absolute Gasteiger partial charge is 0.493 e. The van der Waals surface area contributed by atoms with E-state index in [2.05, 4.69) is 4.98 Å². The van der Waals surface area contributed by atoms with E-state index >= 15 is 0 Å². The van der Waals surface area contributed by atoms with E-state index in [1.807, 2.05) is 0 Å². The molecule has 2 aromatic carbocycles.